The van der Waals surface area contributed by atoms with Crippen LogP contribution in [-0.4, -0.2) is 56.4 Å². The van der Waals surface area contributed by atoms with Crippen molar-refractivity contribution in [3.63, 3.8) is 0 Å². The number of fused-ring (bicyclic) bond motifs is 1. The fraction of sp³-hybridized carbons (Fsp3) is 0.579. The smallest absolute Gasteiger partial charge is 0.314 e. The lowest BCUT2D eigenvalue weighted by atomic mass is 9.92. The number of ether oxygens (including phenoxy) is 2. The van der Waals surface area contributed by atoms with Gasteiger partial charge in [-0.3, -0.25) is 0 Å². The Labute approximate surface area is 166 Å². The lowest BCUT2D eigenvalue weighted by Crippen LogP contribution is -2.50. The van der Waals surface area contributed by atoms with E-state index in [2.05, 4.69) is 27.8 Å². The molecule has 0 saturated carbocycles. The van der Waals surface area contributed by atoms with Crippen molar-refractivity contribution in [3.8, 4) is 11.5 Å². The molecular weight excluding hydrogens is 364 g/mol. The molecule has 0 saturated heterocycles. The number of methoxy groups -OCH3 is 2. The second kappa shape index (κ2) is 10.2. The summed E-state index contributed by atoms with van der Waals surface area (Å²) < 4.78 is 10.9. The maximum atomic E-state index is 11.9. The van der Waals surface area contributed by atoms with Crippen LogP contribution in [0.3, 0.4) is 0 Å². The first-order chi connectivity index (χ1) is 13.0. The minimum Gasteiger partial charge on any atom is -0.493 e. The van der Waals surface area contributed by atoms with Crippen LogP contribution >= 0.6 is 12.2 Å². The van der Waals surface area contributed by atoms with Gasteiger partial charge in [-0.25, -0.2) is 4.79 Å². The maximum absolute atomic E-state index is 11.9. The molecule has 27 heavy (non-hydrogen) atoms. The minimum absolute atomic E-state index is 0.0759. The number of amides is 2. The number of nitrogens with zero attached hydrogens (tertiary/aromatic N) is 1. The molecule has 7 nitrogen and oxygen atoms in total. The quantitative estimate of drug-likeness (QED) is 0.616. The SMILES string of the molecule is CCCNC(=S)N1CCc2cc(OC)c(OC)cc2C1CNC(=O)NCC. The van der Waals surface area contributed by atoms with Gasteiger partial charge >= 0.3 is 6.03 Å². The molecule has 0 bridgehead atoms. The molecule has 0 aliphatic carbocycles. The summed E-state index contributed by atoms with van der Waals surface area (Å²) >= 11 is 5.62. The zero-order chi connectivity index (χ0) is 19.8. The van der Waals surface area contributed by atoms with Crippen molar-refractivity contribution >= 4 is 23.4 Å². The molecule has 1 atom stereocenters. The molecule has 8 heteroatoms. The Morgan fingerprint density at radius 2 is 1.89 bits per heavy atom. The summed E-state index contributed by atoms with van der Waals surface area (Å²) in [5, 5.41) is 9.72. The van der Waals surface area contributed by atoms with Gasteiger partial charge in [0.15, 0.2) is 16.6 Å². The van der Waals surface area contributed by atoms with Crippen LogP contribution in [0.5, 0.6) is 11.5 Å². The van der Waals surface area contributed by atoms with Crippen LogP contribution in [0, 0.1) is 0 Å². The first-order valence-corrected chi connectivity index (χ1v) is 9.77. The van der Waals surface area contributed by atoms with Gasteiger partial charge in [0.2, 0.25) is 0 Å². The van der Waals surface area contributed by atoms with Gasteiger partial charge in [-0.2, -0.15) is 0 Å². The van der Waals surface area contributed by atoms with Gasteiger partial charge in [0.1, 0.15) is 0 Å². The van der Waals surface area contributed by atoms with Gasteiger partial charge in [-0.05, 0) is 55.2 Å². The Balaban J connectivity index is 2.32. The van der Waals surface area contributed by atoms with Crippen LogP contribution in [0.25, 0.3) is 0 Å². The topological polar surface area (TPSA) is 74.9 Å². The third kappa shape index (κ3) is 5.15. The summed E-state index contributed by atoms with van der Waals surface area (Å²) in [6.07, 6.45) is 1.85. The van der Waals surface area contributed by atoms with E-state index in [1.807, 2.05) is 19.1 Å². The molecule has 1 unspecified atom stereocenters. The van der Waals surface area contributed by atoms with E-state index in [0.29, 0.717) is 29.7 Å². The van der Waals surface area contributed by atoms with Crippen LogP contribution in [0.4, 0.5) is 4.79 Å². The highest BCUT2D eigenvalue weighted by molar-refractivity contribution is 7.80. The third-order valence-electron chi connectivity index (χ3n) is 4.58. The number of urea groups is 1. The molecule has 0 spiro atoms. The van der Waals surface area contributed by atoms with Crippen molar-refractivity contribution in [2.45, 2.75) is 32.7 Å². The molecule has 1 aromatic rings. The van der Waals surface area contributed by atoms with Crippen LogP contribution in [-0.2, 0) is 6.42 Å². The fourth-order valence-electron chi connectivity index (χ4n) is 3.24. The highest BCUT2D eigenvalue weighted by atomic mass is 32.1. The van der Waals surface area contributed by atoms with Crippen LogP contribution in [0.15, 0.2) is 12.1 Å². The van der Waals surface area contributed by atoms with E-state index in [9.17, 15) is 4.79 Å². The van der Waals surface area contributed by atoms with E-state index in [0.717, 1.165) is 31.5 Å². The Kier molecular flexibility index (Phi) is 7.97. The van der Waals surface area contributed by atoms with Crippen molar-refractivity contribution < 1.29 is 14.3 Å². The fourth-order valence-corrected chi connectivity index (χ4v) is 3.56. The van der Waals surface area contributed by atoms with E-state index >= 15 is 0 Å². The van der Waals surface area contributed by atoms with Gasteiger partial charge in [0.25, 0.3) is 0 Å². The maximum Gasteiger partial charge on any atom is 0.314 e. The largest absolute Gasteiger partial charge is 0.493 e. The Morgan fingerprint density at radius 3 is 2.52 bits per heavy atom. The molecule has 2 rings (SSSR count). The summed E-state index contributed by atoms with van der Waals surface area (Å²) in [7, 11) is 3.26. The second-order valence-electron chi connectivity index (χ2n) is 6.34. The molecule has 0 aromatic heterocycles. The van der Waals surface area contributed by atoms with Crippen molar-refractivity contribution in [3.05, 3.63) is 23.3 Å². The molecule has 3 N–H and O–H groups in total. The van der Waals surface area contributed by atoms with Crippen molar-refractivity contribution in [1.29, 1.82) is 0 Å². The van der Waals surface area contributed by atoms with Gasteiger partial charge in [-0.15, -0.1) is 0 Å². The number of hydrogen-bond acceptors (Lipinski definition) is 4. The Hall–Kier alpha value is -2.22. The predicted octanol–water partition coefficient (Wildman–Crippen LogP) is 2.21. The predicted molar refractivity (Wildman–Crippen MR) is 111 cm³/mol. The van der Waals surface area contributed by atoms with E-state index in [4.69, 9.17) is 21.7 Å². The second-order valence-corrected chi connectivity index (χ2v) is 6.72. The number of thiocarbonyl (C=S) groups is 1. The molecule has 0 fully saturated rings. The van der Waals surface area contributed by atoms with E-state index in [1.54, 1.807) is 14.2 Å². The summed E-state index contributed by atoms with van der Waals surface area (Å²) in [4.78, 5) is 14.1. The zero-order valence-corrected chi connectivity index (χ0v) is 17.4. The molecule has 150 valence electrons. The first-order valence-electron chi connectivity index (χ1n) is 9.36. The highest BCUT2D eigenvalue weighted by Gasteiger charge is 2.30. The number of benzene rings is 1. The summed E-state index contributed by atoms with van der Waals surface area (Å²) in [6, 6.07) is 3.76. The van der Waals surface area contributed by atoms with Crippen LogP contribution in [0.2, 0.25) is 0 Å². The first kappa shape index (κ1) is 21.1. The minimum atomic E-state index is -0.183. The molecule has 1 aliphatic rings. The lowest BCUT2D eigenvalue weighted by molar-refractivity contribution is 0.233. The zero-order valence-electron chi connectivity index (χ0n) is 16.6. The van der Waals surface area contributed by atoms with Gasteiger partial charge < -0.3 is 30.3 Å². The van der Waals surface area contributed by atoms with Crippen LogP contribution in [0.1, 0.15) is 37.4 Å². The molecule has 1 heterocycles. The number of hydrogen-bond donors (Lipinski definition) is 3. The van der Waals surface area contributed by atoms with Crippen LogP contribution < -0.4 is 25.4 Å². The number of rotatable bonds is 7. The average Bonchev–Trinajstić information content (AvgIpc) is 2.68. The van der Waals surface area contributed by atoms with E-state index < -0.39 is 0 Å². The third-order valence-corrected chi connectivity index (χ3v) is 4.96. The van der Waals surface area contributed by atoms with Gasteiger partial charge in [-0.1, -0.05) is 6.92 Å². The van der Waals surface area contributed by atoms with Crippen molar-refractivity contribution in [1.82, 2.24) is 20.9 Å². The highest BCUT2D eigenvalue weighted by Crippen LogP contribution is 2.38. The number of nitrogens with one attached hydrogen (secondary N) is 3. The summed E-state index contributed by atoms with van der Waals surface area (Å²) in [6.45, 7) is 6.63. The monoisotopic (exact) mass is 394 g/mol. The summed E-state index contributed by atoms with van der Waals surface area (Å²) in [5.74, 6) is 1.39. The van der Waals surface area contributed by atoms with E-state index in [1.165, 1.54) is 5.56 Å². The number of carbonyl (C=O) groups is 1. The molecule has 1 aromatic carbocycles. The molecule has 2 amide bonds. The lowest BCUT2D eigenvalue weighted by Gasteiger charge is -2.39. The van der Waals surface area contributed by atoms with Crippen molar-refractivity contribution in [2.75, 3.05) is 40.4 Å². The molecule has 1 aliphatic heterocycles. The summed E-state index contributed by atoms with van der Waals surface area (Å²) in [5.41, 5.74) is 2.28. The van der Waals surface area contributed by atoms with E-state index in [-0.39, 0.29) is 12.1 Å². The molecule has 0 radical (unpaired) electrons. The van der Waals surface area contributed by atoms with Gasteiger partial charge in [0.05, 0.1) is 20.3 Å². The van der Waals surface area contributed by atoms with Gasteiger partial charge in [0, 0.05) is 26.2 Å². The normalized spacial score (nSPS) is 15.6. The standard InChI is InChI=1S/C19H30N4O3S/c1-5-8-21-19(27)23-9-7-13-10-16(25-3)17(26-4)11-14(13)15(23)12-22-18(24)20-6-2/h10-11,15H,5-9,12H2,1-4H3,(H,21,27)(H2,20,22,24). The molecular formula is C19H30N4O3S. The van der Waals surface area contributed by atoms with Crippen molar-refractivity contribution in [2.24, 2.45) is 0 Å². The Morgan fingerprint density at radius 1 is 1.19 bits per heavy atom. The number of carbonyl (C=O) groups excluding carboxylic acids is 1. The average molecular weight is 395 g/mol. The Bertz CT molecular complexity index is 669.